The summed E-state index contributed by atoms with van der Waals surface area (Å²) in [6, 6.07) is 53.3. The number of nitrogens with zero attached hydrogens (tertiary/aromatic N) is 3. The Balaban J connectivity index is 1.33. The van der Waals surface area contributed by atoms with Crippen molar-refractivity contribution < 1.29 is 4.42 Å². The van der Waals surface area contributed by atoms with Crippen LogP contribution in [0.3, 0.4) is 0 Å². The highest BCUT2D eigenvalue weighted by molar-refractivity contribution is 7.26. The Morgan fingerprint density at radius 3 is 1.96 bits per heavy atom. The topological polar surface area (TPSA) is 43.9 Å². The minimum absolute atomic E-state index is 0.628. The van der Waals surface area contributed by atoms with Crippen LogP contribution in [0.1, 0.15) is 0 Å². The van der Waals surface area contributed by atoms with Gasteiger partial charge in [0.05, 0.1) is 21.4 Å². The van der Waals surface area contributed by atoms with Crippen LogP contribution >= 0.6 is 11.3 Å². The van der Waals surface area contributed by atoms with Gasteiger partial charge in [-0.2, -0.15) is 0 Å². The molecule has 0 saturated carbocycles. The molecule has 49 heavy (non-hydrogen) atoms. The predicted molar refractivity (Wildman–Crippen MR) is 205 cm³/mol. The van der Waals surface area contributed by atoms with Gasteiger partial charge in [-0.3, -0.25) is 4.57 Å². The number of thiophene rings is 1. The van der Waals surface area contributed by atoms with Gasteiger partial charge in [-0.05, 0) is 46.2 Å². The fourth-order valence-electron chi connectivity index (χ4n) is 7.67. The number of rotatable bonds is 3. The minimum Gasteiger partial charge on any atom is -0.454 e. The van der Waals surface area contributed by atoms with E-state index in [-0.39, 0.29) is 0 Å². The van der Waals surface area contributed by atoms with Gasteiger partial charge in [-0.15, -0.1) is 11.3 Å². The molecule has 11 aromatic rings. The van der Waals surface area contributed by atoms with E-state index in [1.807, 2.05) is 12.1 Å². The number of hydrogen-bond donors (Lipinski definition) is 0. The molecule has 0 amide bonds. The molecule has 228 valence electrons. The van der Waals surface area contributed by atoms with Gasteiger partial charge in [0.2, 0.25) is 5.95 Å². The molecule has 0 atom stereocenters. The monoisotopic (exact) mass is 643 g/mol. The van der Waals surface area contributed by atoms with Crippen LogP contribution in [-0.2, 0) is 0 Å². The first-order valence-corrected chi connectivity index (χ1v) is 17.2. The van der Waals surface area contributed by atoms with Crippen LogP contribution in [0.4, 0.5) is 0 Å². The third-order valence-electron chi connectivity index (χ3n) is 9.81. The molecular formula is C44H25N3OS. The van der Waals surface area contributed by atoms with E-state index in [2.05, 4.69) is 144 Å². The summed E-state index contributed by atoms with van der Waals surface area (Å²) >= 11 is 1.75. The van der Waals surface area contributed by atoms with E-state index in [1.54, 1.807) is 11.3 Å². The van der Waals surface area contributed by atoms with Gasteiger partial charge < -0.3 is 4.42 Å². The molecule has 0 fully saturated rings. The molecule has 0 bridgehead atoms. The van der Waals surface area contributed by atoms with Gasteiger partial charge in [0.1, 0.15) is 11.1 Å². The molecule has 0 N–H and O–H groups in total. The molecule has 5 heteroatoms. The fraction of sp³-hybridized carbons (Fsp3) is 0. The Kier molecular flexibility index (Phi) is 5.51. The standard InChI is InChI=1S/C44H25N3OS/c1-3-13-26(14-4-1)28-23-24-32-35(25-28)48-42-38(32)30-18-8-7-17-29(30)37-31-19-9-11-21-34(31)47(41(37)42)44-45-39(27-15-5-2-6-16-27)43-40(46-44)33-20-10-12-22-36(33)49-43/h1-25H. The summed E-state index contributed by atoms with van der Waals surface area (Å²) in [5, 5.41) is 7.96. The highest BCUT2D eigenvalue weighted by atomic mass is 32.1. The quantitative estimate of drug-likeness (QED) is 0.192. The average Bonchev–Trinajstić information content (AvgIpc) is 3.85. The lowest BCUT2D eigenvalue weighted by Gasteiger charge is -2.11. The zero-order chi connectivity index (χ0) is 32.1. The first kappa shape index (κ1) is 26.7. The van der Waals surface area contributed by atoms with Crippen LogP contribution in [0.25, 0.3) is 103 Å². The molecule has 0 spiro atoms. The van der Waals surface area contributed by atoms with Gasteiger partial charge in [0, 0.05) is 37.2 Å². The molecular weight excluding hydrogens is 619 g/mol. The molecule has 4 aromatic heterocycles. The predicted octanol–water partition coefficient (Wildman–Crippen LogP) is 12.3. The third kappa shape index (κ3) is 3.79. The van der Waals surface area contributed by atoms with Crippen molar-refractivity contribution in [3.63, 3.8) is 0 Å². The summed E-state index contributed by atoms with van der Waals surface area (Å²) in [7, 11) is 0. The molecule has 0 aliphatic carbocycles. The summed E-state index contributed by atoms with van der Waals surface area (Å²) in [6.45, 7) is 0. The van der Waals surface area contributed by atoms with E-state index in [4.69, 9.17) is 14.4 Å². The Labute approximate surface area is 284 Å². The second kappa shape index (κ2) is 10.1. The average molecular weight is 644 g/mol. The summed E-state index contributed by atoms with van der Waals surface area (Å²) in [5.74, 6) is 0.628. The van der Waals surface area contributed by atoms with Crippen molar-refractivity contribution in [1.29, 1.82) is 0 Å². The third-order valence-corrected chi connectivity index (χ3v) is 11.0. The van der Waals surface area contributed by atoms with E-state index in [0.717, 1.165) is 81.7 Å². The van der Waals surface area contributed by atoms with Crippen LogP contribution in [0.2, 0.25) is 0 Å². The summed E-state index contributed by atoms with van der Waals surface area (Å²) in [6.07, 6.45) is 0. The van der Waals surface area contributed by atoms with Crippen molar-refractivity contribution >= 4 is 86.2 Å². The molecule has 0 aliphatic rings. The lowest BCUT2D eigenvalue weighted by Crippen LogP contribution is -2.03. The molecule has 7 aromatic carbocycles. The highest BCUT2D eigenvalue weighted by Crippen LogP contribution is 2.47. The number of fused-ring (bicyclic) bond motifs is 13. The molecule has 0 aliphatic heterocycles. The van der Waals surface area contributed by atoms with Crippen molar-refractivity contribution in [2.75, 3.05) is 0 Å². The van der Waals surface area contributed by atoms with Gasteiger partial charge in [0.15, 0.2) is 5.58 Å². The SMILES string of the molecule is c1ccc(-c2ccc3c(c2)oc2c3c3ccccc3c3c4ccccc4n(-c4nc(-c5ccccc5)c5sc6ccccc6c5n4)c23)cc1. The lowest BCUT2D eigenvalue weighted by atomic mass is 9.98. The van der Waals surface area contributed by atoms with Crippen molar-refractivity contribution in [2.45, 2.75) is 0 Å². The maximum atomic E-state index is 7.01. The second-order valence-corrected chi connectivity index (χ2v) is 13.6. The normalized spacial score (nSPS) is 12.1. The maximum absolute atomic E-state index is 7.01. The molecule has 0 unspecified atom stereocenters. The van der Waals surface area contributed by atoms with Crippen molar-refractivity contribution in [3.8, 4) is 28.3 Å². The zero-order valence-corrected chi connectivity index (χ0v) is 26.9. The van der Waals surface area contributed by atoms with Crippen molar-refractivity contribution in [3.05, 3.63) is 152 Å². The number of benzene rings is 7. The van der Waals surface area contributed by atoms with Crippen LogP contribution < -0.4 is 0 Å². The second-order valence-electron chi connectivity index (χ2n) is 12.5. The van der Waals surface area contributed by atoms with E-state index in [1.165, 1.54) is 15.5 Å². The van der Waals surface area contributed by atoms with Crippen LogP contribution in [-0.4, -0.2) is 14.5 Å². The number of para-hydroxylation sites is 1. The Hall–Kier alpha value is -6.30. The Bertz CT molecular complexity index is 3100. The summed E-state index contributed by atoms with van der Waals surface area (Å²) in [5.41, 5.74) is 8.96. The van der Waals surface area contributed by atoms with Crippen molar-refractivity contribution in [1.82, 2.24) is 14.5 Å². The fourth-order valence-corrected chi connectivity index (χ4v) is 8.82. The first-order chi connectivity index (χ1) is 24.3. The van der Waals surface area contributed by atoms with Gasteiger partial charge in [-0.1, -0.05) is 127 Å². The van der Waals surface area contributed by atoms with Crippen LogP contribution in [0.15, 0.2) is 156 Å². The molecule has 0 saturated heterocycles. The zero-order valence-electron chi connectivity index (χ0n) is 26.1. The number of furan rings is 1. The van der Waals surface area contributed by atoms with Gasteiger partial charge in [-0.25, -0.2) is 9.97 Å². The van der Waals surface area contributed by atoms with Gasteiger partial charge in [0.25, 0.3) is 0 Å². The smallest absolute Gasteiger partial charge is 0.236 e. The molecule has 4 heterocycles. The van der Waals surface area contributed by atoms with Gasteiger partial charge >= 0.3 is 0 Å². The van der Waals surface area contributed by atoms with E-state index < -0.39 is 0 Å². The largest absolute Gasteiger partial charge is 0.454 e. The van der Waals surface area contributed by atoms with Crippen LogP contribution in [0.5, 0.6) is 0 Å². The van der Waals surface area contributed by atoms with E-state index in [9.17, 15) is 0 Å². The minimum atomic E-state index is 0.628. The molecule has 4 nitrogen and oxygen atoms in total. The summed E-state index contributed by atoms with van der Waals surface area (Å²) < 4.78 is 11.5. The van der Waals surface area contributed by atoms with Crippen molar-refractivity contribution in [2.24, 2.45) is 0 Å². The van der Waals surface area contributed by atoms with Crippen LogP contribution in [0, 0.1) is 0 Å². The Morgan fingerprint density at radius 2 is 1.16 bits per heavy atom. The molecule has 11 rings (SSSR count). The maximum Gasteiger partial charge on any atom is 0.236 e. The number of aromatic nitrogens is 3. The first-order valence-electron chi connectivity index (χ1n) is 16.4. The Morgan fingerprint density at radius 1 is 0.510 bits per heavy atom. The number of hydrogen-bond acceptors (Lipinski definition) is 4. The lowest BCUT2D eigenvalue weighted by molar-refractivity contribution is 0.671. The molecule has 0 radical (unpaired) electrons. The summed E-state index contributed by atoms with van der Waals surface area (Å²) in [4.78, 5) is 10.8. The van der Waals surface area contributed by atoms with E-state index >= 15 is 0 Å². The van der Waals surface area contributed by atoms with E-state index in [0.29, 0.717) is 5.95 Å². The highest BCUT2D eigenvalue weighted by Gasteiger charge is 2.25.